The van der Waals surface area contributed by atoms with E-state index in [2.05, 4.69) is 6.92 Å². The zero-order valence-corrected chi connectivity index (χ0v) is 7.62. The average Bonchev–Trinajstić information content (AvgIpc) is 2.14. The monoisotopic (exact) mass is 180 g/mol. The van der Waals surface area contributed by atoms with Gasteiger partial charge in [-0.3, -0.25) is 0 Å². The molecule has 0 aromatic heterocycles. The lowest BCUT2D eigenvalue weighted by atomic mass is 10.3. The summed E-state index contributed by atoms with van der Waals surface area (Å²) in [4.78, 5) is 0. The lowest BCUT2D eigenvalue weighted by Gasteiger charge is -2.04. The normalized spacial score (nSPS) is 9.00. The number of hydrogen-bond donors (Lipinski definition) is 0. The van der Waals surface area contributed by atoms with Gasteiger partial charge < -0.3 is 4.74 Å². The Bertz CT molecular complexity index is 194. The third kappa shape index (κ3) is 5.29. The summed E-state index contributed by atoms with van der Waals surface area (Å²) in [5.74, 6) is 0.980. The minimum Gasteiger partial charge on any atom is -0.494 e. The van der Waals surface area contributed by atoms with Gasteiger partial charge in [0.05, 0.1) is 6.61 Å². The highest BCUT2D eigenvalue weighted by Gasteiger charge is 1.89. The molecule has 0 aliphatic heterocycles. The van der Waals surface area contributed by atoms with Crippen LogP contribution in [0, 0.1) is 0 Å². The van der Waals surface area contributed by atoms with Gasteiger partial charge in [-0.15, -0.1) is 0 Å². The predicted octanol–water partition coefficient (Wildman–Crippen LogP) is 3.89. The van der Waals surface area contributed by atoms with Gasteiger partial charge in [-0.25, -0.2) is 0 Å². The van der Waals surface area contributed by atoms with Crippen molar-refractivity contribution >= 4 is 0 Å². The van der Waals surface area contributed by atoms with Gasteiger partial charge in [-0.1, -0.05) is 45.4 Å². The van der Waals surface area contributed by atoms with Crippen LogP contribution in [-0.4, -0.2) is 6.61 Å². The van der Waals surface area contributed by atoms with E-state index in [1.165, 1.54) is 12.8 Å². The Morgan fingerprint density at radius 3 is 2.38 bits per heavy atom. The molecule has 0 unspecified atom stereocenters. The maximum Gasteiger partial charge on any atom is 0.119 e. The molecule has 0 bridgehead atoms. The first-order chi connectivity index (χ1) is 5.93. The van der Waals surface area contributed by atoms with Gasteiger partial charge in [0, 0.05) is 0 Å². The van der Waals surface area contributed by atoms with Crippen molar-refractivity contribution < 1.29 is 4.74 Å². The Kier molecular flexibility index (Phi) is 7.08. The second-order valence-corrected chi connectivity index (χ2v) is 2.87. The van der Waals surface area contributed by atoms with Gasteiger partial charge in [0.15, 0.2) is 0 Å². The van der Waals surface area contributed by atoms with Crippen molar-refractivity contribution in [1.82, 2.24) is 0 Å². The number of para-hydroxylation sites is 1. The largest absolute Gasteiger partial charge is 0.494 e. The fourth-order valence-electron chi connectivity index (χ4n) is 1.06. The van der Waals surface area contributed by atoms with E-state index < -0.39 is 0 Å². The summed E-state index contributed by atoms with van der Waals surface area (Å²) in [6.45, 7) is 3.04. The summed E-state index contributed by atoms with van der Waals surface area (Å²) >= 11 is 0. The topological polar surface area (TPSA) is 9.23 Å². The number of ether oxygens (including phenoxy) is 1. The van der Waals surface area contributed by atoms with E-state index >= 15 is 0 Å². The number of unbranched alkanes of at least 4 members (excludes halogenated alkanes) is 2. The van der Waals surface area contributed by atoms with Crippen LogP contribution in [0.3, 0.4) is 0 Å². The van der Waals surface area contributed by atoms with Crippen LogP contribution in [0.5, 0.6) is 5.75 Å². The molecule has 0 saturated carbocycles. The van der Waals surface area contributed by atoms with Gasteiger partial charge in [0.2, 0.25) is 0 Å². The van der Waals surface area contributed by atoms with E-state index in [0.29, 0.717) is 0 Å². The summed E-state index contributed by atoms with van der Waals surface area (Å²) in [7, 11) is 0. The molecule has 0 fully saturated rings. The molecule has 0 saturated heterocycles. The van der Waals surface area contributed by atoms with E-state index in [1.54, 1.807) is 0 Å². The minimum absolute atomic E-state index is 0. The molecule has 13 heavy (non-hydrogen) atoms. The van der Waals surface area contributed by atoms with E-state index in [0.717, 1.165) is 18.8 Å². The number of benzene rings is 1. The highest BCUT2D eigenvalue weighted by molar-refractivity contribution is 5.20. The molecule has 1 rings (SSSR count). The molecule has 0 heterocycles. The average molecular weight is 180 g/mol. The lowest BCUT2D eigenvalue weighted by molar-refractivity contribution is 0.306. The SMILES string of the molecule is C.CCCCCOc1ccccc1. The summed E-state index contributed by atoms with van der Waals surface area (Å²) in [6, 6.07) is 9.97. The van der Waals surface area contributed by atoms with Crippen LogP contribution in [0.2, 0.25) is 0 Å². The Labute approximate surface area is 81.7 Å². The van der Waals surface area contributed by atoms with Crippen molar-refractivity contribution in [2.45, 2.75) is 33.6 Å². The molecule has 0 atom stereocenters. The molecule has 1 heteroatoms. The van der Waals surface area contributed by atoms with Gasteiger partial charge in [0.1, 0.15) is 5.75 Å². The van der Waals surface area contributed by atoms with Gasteiger partial charge in [-0.2, -0.15) is 0 Å². The molecule has 0 aliphatic carbocycles. The summed E-state index contributed by atoms with van der Waals surface area (Å²) < 4.78 is 5.51. The van der Waals surface area contributed by atoms with Crippen molar-refractivity contribution in [2.24, 2.45) is 0 Å². The molecule has 0 aliphatic rings. The van der Waals surface area contributed by atoms with Crippen LogP contribution in [0.4, 0.5) is 0 Å². The lowest BCUT2D eigenvalue weighted by Crippen LogP contribution is -1.96. The first-order valence-electron chi connectivity index (χ1n) is 4.61. The second kappa shape index (κ2) is 7.66. The van der Waals surface area contributed by atoms with E-state index in [-0.39, 0.29) is 7.43 Å². The Balaban J connectivity index is 0.00000144. The van der Waals surface area contributed by atoms with Crippen molar-refractivity contribution in [1.29, 1.82) is 0 Å². The molecular formula is C12H20O. The van der Waals surface area contributed by atoms with Crippen molar-refractivity contribution in [2.75, 3.05) is 6.61 Å². The van der Waals surface area contributed by atoms with Crippen LogP contribution >= 0.6 is 0 Å². The van der Waals surface area contributed by atoms with Crippen LogP contribution in [0.15, 0.2) is 30.3 Å². The van der Waals surface area contributed by atoms with Crippen molar-refractivity contribution in [3.05, 3.63) is 30.3 Å². The third-order valence-electron chi connectivity index (χ3n) is 1.76. The highest BCUT2D eigenvalue weighted by Crippen LogP contribution is 2.08. The second-order valence-electron chi connectivity index (χ2n) is 2.87. The Morgan fingerprint density at radius 2 is 1.77 bits per heavy atom. The number of hydrogen-bond acceptors (Lipinski definition) is 1. The van der Waals surface area contributed by atoms with Gasteiger partial charge in [0.25, 0.3) is 0 Å². The molecular weight excluding hydrogens is 160 g/mol. The molecule has 0 N–H and O–H groups in total. The zero-order chi connectivity index (χ0) is 8.65. The van der Waals surface area contributed by atoms with Crippen molar-refractivity contribution in [3.8, 4) is 5.75 Å². The predicted molar refractivity (Wildman–Crippen MR) is 58.2 cm³/mol. The molecule has 0 radical (unpaired) electrons. The van der Waals surface area contributed by atoms with E-state index in [1.807, 2.05) is 30.3 Å². The quantitative estimate of drug-likeness (QED) is 0.624. The van der Waals surface area contributed by atoms with Gasteiger partial charge in [-0.05, 0) is 18.6 Å². The first kappa shape index (κ1) is 12.0. The molecule has 1 nitrogen and oxygen atoms in total. The number of rotatable bonds is 5. The molecule has 1 aromatic rings. The summed E-state index contributed by atoms with van der Waals surface area (Å²) in [5, 5.41) is 0. The standard InChI is InChI=1S/C11H16O.CH4/c1-2-3-7-10-12-11-8-5-4-6-9-11;/h4-6,8-9H,2-3,7,10H2,1H3;1H4. The first-order valence-corrected chi connectivity index (χ1v) is 4.61. The third-order valence-corrected chi connectivity index (χ3v) is 1.76. The Hall–Kier alpha value is -0.980. The highest BCUT2D eigenvalue weighted by atomic mass is 16.5. The van der Waals surface area contributed by atoms with Crippen LogP contribution in [0.1, 0.15) is 33.6 Å². The molecule has 0 amide bonds. The molecule has 1 aromatic carbocycles. The fourth-order valence-corrected chi connectivity index (χ4v) is 1.06. The van der Waals surface area contributed by atoms with E-state index in [4.69, 9.17) is 4.74 Å². The van der Waals surface area contributed by atoms with Crippen LogP contribution < -0.4 is 4.74 Å². The minimum atomic E-state index is 0. The van der Waals surface area contributed by atoms with Crippen LogP contribution in [-0.2, 0) is 0 Å². The fraction of sp³-hybridized carbons (Fsp3) is 0.500. The maximum absolute atomic E-state index is 5.51. The Morgan fingerprint density at radius 1 is 1.08 bits per heavy atom. The molecule has 74 valence electrons. The zero-order valence-electron chi connectivity index (χ0n) is 7.62. The summed E-state index contributed by atoms with van der Waals surface area (Å²) in [6.07, 6.45) is 3.66. The van der Waals surface area contributed by atoms with E-state index in [9.17, 15) is 0 Å². The summed E-state index contributed by atoms with van der Waals surface area (Å²) in [5.41, 5.74) is 0. The van der Waals surface area contributed by atoms with Crippen LogP contribution in [0.25, 0.3) is 0 Å². The maximum atomic E-state index is 5.51. The van der Waals surface area contributed by atoms with Crippen molar-refractivity contribution in [3.63, 3.8) is 0 Å². The van der Waals surface area contributed by atoms with Gasteiger partial charge >= 0.3 is 0 Å². The molecule has 0 spiro atoms. The smallest absolute Gasteiger partial charge is 0.119 e.